The average molecular weight is 363 g/mol. The largest absolute Gasteiger partial charge is 0.457 e. The van der Waals surface area contributed by atoms with E-state index in [9.17, 15) is 0 Å². The number of anilines is 1. The summed E-state index contributed by atoms with van der Waals surface area (Å²) in [6.07, 6.45) is 2.73. The van der Waals surface area contributed by atoms with Crippen LogP contribution in [0.5, 0.6) is 11.5 Å². The van der Waals surface area contributed by atoms with E-state index in [1.54, 1.807) is 0 Å². The molecule has 0 saturated carbocycles. The molecular weight excluding hydrogens is 338 g/mol. The molecule has 5 heteroatoms. The van der Waals surface area contributed by atoms with Crippen molar-refractivity contribution in [3.8, 4) is 11.5 Å². The van der Waals surface area contributed by atoms with Gasteiger partial charge in [-0.25, -0.2) is 0 Å². The Hall–Kier alpha value is -2.63. The van der Waals surface area contributed by atoms with Crippen LogP contribution >= 0.6 is 0 Å². The standard InChI is InChI=1S/C22H25N3O2/c26-16-4-11-24-12-14-25(15-13-24)22-9-10-23-21-8-7-19(17-20(21)22)27-18-5-2-1-3-6-18/h1-3,5-10,17,26H,4,11-16H2. The van der Waals surface area contributed by atoms with Gasteiger partial charge in [0.2, 0.25) is 0 Å². The Balaban J connectivity index is 1.55. The van der Waals surface area contributed by atoms with Gasteiger partial charge in [0.1, 0.15) is 11.5 Å². The number of ether oxygens (including phenoxy) is 1. The molecule has 2 heterocycles. The number of aromatic nitrogens is 1. The fourth-order valence-corrected chi connectivity index (χ4v) is 3.58. The van der Waals surface area contributed by atoms with Crippen molar-refractivity contribution in [1.29, 1.82) is 0 Å². The number of aliphatic hydroxyl groups excluding tert-OH is 1. The Labute approximate surface area is 159 Å². The Morgan fingerprint density at radius 3 is 2.52 bits per heavy atom. The second-order valence-corrected chi connectivity index (χ2v) is 6.83. The van der Waals surface area contributed by atoms with Crippen molar-refractivity contribution in [2.45, 2.75) is 6.42 Å². The SMILES string of the molecule is OCCCN1CCN(c2ccnc3ccc(Oc4ccccc4)cc23)CC1. The fourth-order valence-electron chi connectivity index (χ4n) is 3.58. The molecule has 4 rings (SSSR count). The van der Waals surface area contributed by atoms with Gasteiger partial charge in [0, 0.05) is 56.6 Å². The first-order valence-electron chi connectivity index (χ1n) is 9.53. The molecule has 1 N–H and O–H groups in total. The fraction of sp³-hybridized carbons (Fsp3) is 0.318. The molecule has 0 bridgehead atoms. The number of para-hydroxylation sites is 1. The number of rotatable bonds is 6. The lowest BCUT2D eigenvalue weighted by Gasteiger charge is -2.36. The third kappa shape index (κ3) is 4.21. The van der Waals surface area contributed by atoms with Crippen LogP contribution in [0.2, 0.25) is 0 Å². The maximum Gasteiger partial charge on any atom is 0.128 e. The molecule has 5 nitrogen and oxygen atoms in total. The molecule has 0 unspecified atom stereocenters. The molecule has 27 heavy (non-hydrogen) atoms. The van der Waals surface area contributed by atoms with E-state index in [4.69, 9.17) is 9.84 Å². The minimum Gasteiger partial charge on any atom is -0.457 e. The summed E-state index contributed by atoms with van der Waals surface area (Å²) in [5.74, 6) is 1.66. The lowest BCUT2D eigenvalue weighted by atomic mass is 10.1. The number of pyridine rings is 1. The van der Waals surface area contributed by atoms with Crippen LogP contribution in [0, 0.1) is 0 Å². The van der Waals surface area contributed by atoms with Crippen LogP contribution in [0.15, 0.2) is 60.8 Å². The van der Waals surface area contributed by atoms with Gasteiger partial charge in [0.15, 0.2) is 0 Å². The van der Waals surface area contributed by atoms with Crippen LogP contribution in [0.4, 0.5) is 5.69 Å². The molecule has 1 aliphatic heterocycles. The van der Waals surface area contributed by atoms with Crippen molar-refractivity contribution in [2.24, 2.45) is 0 Å². The van der Waals surface area contributed by atoms with Crippen molar-refractivity contribution >= 4 is 16.6 Å². The van der Waals surface area contributed by atoms with Gasteiger partial charge in [0.25, 0.3) is 0 Å². The molecule has 0 amide bonds. The van der Waals surface area contributed by atoms with E-state index >= 15 is 0 Å². The summed E-state index contributed by atoms with van der Waals surface area (Å²) >= 11 is 0. The van der Waals surface area contributed by atoms with E-state index in [2.05, 4.69) is 26.9 Å². The van der Waals surface area contributed by atoms with Crippen molar-refractivity contribution in [2.75, 3.05) is 44.2 Å². The second kappa shape index (κ2) is 8.37. The number of hydrogen-bond donors (Lipinski definition) is 1. The first-order valence-corrected chi connectivity index (χ1v) is 9.53. The van der Waals surface area contributed by atoms with E-state index < -0.39 is 0 Å². The maximum absolute atomic E-state index is 9.02. The van der Waals surface area contributed by atoms with E-state index in [1.165, 1.54) is 5.69 Å². The van der Waals surface area contributed by atoms with Crippen molar-refractivity contribution in [1.82, 2.24) is 9.88 Å². The number of piperazine rings is 1. The van der Waals surface area contributed by atoms with Crippen molar-refractivity contribution in [3.05, 3.63) is 60.8 Å². The highest BCUT2D eigenvalue weighted by molar-refractivity contribution is 5.92. The molecule has 1 aliphatic rings. The van der Waals surface area contributed by atoms with Crippen LogP contribution in [0.1, 0.15) is 6.42 Å². The number of hydrogen-bond acceptors (Lipinski definition) is 5. The lowest BCUT2D eigenvalue weighted by Crippen LogP contribution is -2.46. The Morgan fingerprint density at radius 1 is 0.926 bits per heavy atom. The molecule has 0 radical (unpaired) electrons. The number of benzene rings is 2. The van der Waals surface area contributed by atoms with Crippen LogP contribution in [0.25, 0.3) is 10.9 Å². The number of fused-ring (bicyclic) bond motifs is 1. The van der Waals surface area contributed by atoms with Gasteiger partial charge in [-0.3, -0.25) is 9.88 Å². The molecule has 140 valence electrons. The summed E-state index contributed by atoms with van der Waals surface area (Å²) in [6, 6.07) is 18.0. The van der Waals surface area contributed by atoms with Gasteiger partial charge in [-0.05, 0) is 42.8 Å². The molecule has 2 aromatic carbocycles. The molecule has 0 atom stereocenters. The smallest absolute Gasteiger partial charge is 0.128 e. The summed E-state index contributed by atoms with van der Waals surface area (Å²) in [5, 5.41) is 10.1. The topological polar surface area (TPSA) is 48.8 Å². The molecule has 1 aromatic heterocycles. The zero-order chi connectivity index (χ0) is 18.5. The predicted octanol–water partition coefficient (Wildman–Crippen LogP) is 3.53. The first-order chi connectivity index (χ1) is 13.3. The van der Waals surface area contributed by atoms with Crippen LogP contribution in [-0.4, -0.2) is 54.3 Å². The normalized spacial score (nSPS) is 15.2. The zero-order valence-electron chi connectivity index (χ0n) is 15.4. The van der Waals surface area contributed by atoms with Gasteiger partial charge >= 0.3 is 0 Å². The third-order valence-electron chi connectivity index (χ3n) is 5.01. The lowest BCUT2D eigenvalue weighted by molar-refractivity contribution is 0.216. The van der Waals surface area contributed by atoms with Crippen molar-refractivity contribution < 1.29 is 9.84 Å². The third-order valence-corrected chi connectivity index (χ3v) is 5.01. The molecule has 0 spiro atoms. The molecular formula is C22H25N3O2. The van der Waals surface area contributed by atoms with Gasteiger partial charge in [0.05, 0.1) is 5.52 Å². The monoisotopic (exact) mass is 363 g/mol. The summed E-state index contributed by atoms with van der Waals surface area (Å²) in [4.78, 5) is 9.36. The minimum absolute atomic E-state index is 0.263. The Morgan fingerprint density at radius 2 is 1.74 bits per heavy atom. The highest BCUT2D eigenvalue weighted by Gasteiger charge is 2.18. The van der Waals surface area contributed by atoms with Crippen LogP contribution in [-0.2, 0) is 0 Å². The summed E-state index contributed by atoms with van der Waals surface area (Å²) in [7, 11) is 0. The Kier molecular flexibility index (Phi) is 5.51. The van der Waals surface area contributed by atoms with E-state index in [-0.39, 0.29) is 6.61 Å². The van der Waals surface area contributed by atoms with E-state index in [0.717, 1.165) is 61.5 Å². The highest BCUT2D eigenvalue weighted by Crippen LogP contribution is 2.31. The Bertz CT molecular complexity index is 877. The van der Waals surface area contributed by atoms with Crippen molar-refractivity contribution in [3.63, 3.8) is 0 Å². The summed E-state index contributed by atoms with van der Waals surface area (Å²) in [6.45, 7) is 5.23. The highest BCUT2D eigenvalue weighted by atomic mass is 16.5. The van der Waals surface area contributed by atoms with Crippen LogP contribution < -0.4 is 9.64 Å². The quantitative estimate of drug-likeness (QED) is 0.726. The number of aliphatic hydroxyl groups is 1. The molecule has 1 fully saturated rings. The van der Waals surface area contributed by atoms with E-state index in [1.807, 2.05) is 48.7 Å². The summed E-state index contributed by atoms with van der Waals surface area (Å²) in [5.41, 5.74) is 2.19. The zero-order valence-corrected chi connectivity index (χ0v) is 15.4. The second-order valence-electron chi connectivity index (χ2n) is 6.83. The van der Waals surface area contributed by atoms with Gasteiger partial charge < -0.3 is 14.7 Å². The van der Waals surface area contributed by atoms with E-state index in [0.29, 0.717) is 0 Å². The molecule has 3 aromatic rings. The van der Waals surface area contributed by atoms with Gasteiger partial charge in [-0.2, -0.15) is 0 Å². The number of nitrogens with zero attached hydrogens (tertiary/aromatic N) is 3. The van der Waals surface area contributed by atoms with Gasteiger partial charge in [-0.15, -0.1) is 0 Å². The molecule has 1 saturated heterocycles. The molecule has 0 aliphatic carbocycles. The first kappa shape index (κ1) is 17.8. The predicted molar refractivity (Wildman–Crippen MR) is 109 cm³/mol. The minimum atomic E-state index is 0.263. The average Bonchev–Trinajstić information content (AvgIpc) is 2.73. The summed E-state index contributed by atoms with van der Waals surface area (Å²) < 4.78 is 6.01. The maximum atomic E-state index is 9.02. The van der Waals surface area contributed by atoms with Gasteiger partial charge in [-0.1, -0.05) is 18.2 Å². The van der Waals surface area contributed by atoms with Crippen LogP contribution in [0.3, 0.4) is 0 Å².